The summed E-state index contributed by atoms with van der Waals surface area (Å²) in [5.74, 6) is 0.608. The van der Waals surface area contributed by atoms with Gasteiger partial charge in [0, 0.05) is 12.5 Å². The highest BCUT2D eigenvalue weighted by molar-refractivity contribution is 5.75. The highest BCUT2D eigenvalue weighted by Gasteiger charge is 2.14. The van der Waals surface area contributed by atoms with Gasteiger partial charge in [-0.25, -0.2) is 0 Å². The Hall–Kier alpha value is -1.55. The first-order chi connectivity index (χ1) is 8.42. The third-order valence-corrected chi connectivity index (χ3v) is 3.22. The average molecular weight is 231 g/mol. The maximum Gasteiger partial charge on any atom is 0.294 e. The second-order valence-electron chi connectivity index (χ2n) is 4.58. The molecule has 1 aromatic heterocycles. The highest BCUT2D eigenvalue weighted by atomic mass is 16.5. The summed E-state index contributed by atoms with van der Waals surface area (Å²) in [4.78, 5) is 7.58. The van der Waals surface area contributed by atoms with E-state index in [1.807, 2.05) is 24.3 Å². The second-order valence-corrected chi connectivity index (χ2v) is 4.58. The van der Waals surface area contributed by atoms with Crippen molar-refractivity contribution >= 4 is 11.0 Å². The van der Waals surface area contributed by atoms with Gasteiger partial charge in [-0.15, -0.1) is 0 Å². The molecule has 0 spiro atoms. The van der Waals surface area contributed by atoms with Crippen LogP contribution in [0.2, 0.25) is 0 Å². The second kappa shape index (κ2) is 4.75. The quantitative estimate of drug-likeness (QED) is 0.848. The van der Waals surface area contributed by atoms with E-state index in [9.17, 15) is 0 Å². The lowest BCUT2D eigenvalue weighted by atomic mass is 10.0. The monoisotopic (exact) mass is 231 g/mol. The minimum absolute atomic E-state index is 0.608. The van der Waals surface area contributed by atoms with Crippen LogP contribution in [0.25, 0.3) is 11.0 Å². The van der Waals surface area contributed by atoms with E-state index < -0.39 is 0 Å². The van der Waals surface area contributed by atoms with E-state index >= 15 is 0 Å². The number of aromatic nitrogens is 2. The molecule has 0 unspecified atom stereocenters. The number of para-hydroxylation sites is 2. The molecule has 2 heterocycles. The molecule has 0 amide bonds. The van der Waals surface area contributed by atoms with E-state index in [4.69, 9.17) is 4.74 Å². The molecule has 1 saturated heterocycles. The maximum atomic E-state index is 5.72. The molecule has 0 aliphatic carbocycles. The summed E-state index contributed by atoms with van der Waals surface area (Å²) in [5.41, 5.74) is 1.99. The van der Waals surface area contributed by atoms with Crippen LogP contribution in [0.4, 0.5) is 0 Å². The fourth-order valence-corrected chi connectivity index (χ4v) is 2.26. The van der Waals surface area contributed by atoms with Crippen LogP contribution in [0, 0.1) is 5.92 Å². The van der Waals surface area contributed by atoms with Gasteiger partial charge in [0.2, 0.25) is 0 Å². The third-order valence-electron chi connectivity index (χ3n) is 3.22. The number of fused-ring (bicyclic) bond motifs is 1. The van der Waals surface area contributed by atoms with Gasteiger partial charge >= 0.3 is 0 Å². The first kappa shape index (κ1) is 10.6. The van der Waals surface area contributed by atoms with E-state index in [0.717, 1.165) is 30.7 Å². The van der Waals surface area contributed by atoms with Crippen molar-refractivity contribution in [2.45, 2.75) is 12.8 Å². The Balaban J connectivity index is 1.64. The lowest BCUT2D eigenvalue weighted by Gasteiger charge is -2.21. The predicted octanol–water partition coefficient (Wildman–Crippen LogP) is 1.94. The minimum Gasteiger partial charge on any atom is -0.464 e. The van der Waals surface area contributed by atoms with Gasteiger partial charge in [0.05, 0.1) is 17.6 Å². The maximum absolute atomic E-state index is 5.72. The number of aromatic amines is 1. The lowest BCUT2D eigenvalue weighted by molar-refractivity contribution is 0.207. The van der Waals surface area contributed by atoms with Crippen LogP contribution in [-0.2, 0) is 0 Å². The fourth-order valence-electron chi connectivity index (χ4n) is 2.26. The number of imidazole rings is 1. The Morgan fingerprint density at radius 3 is 3.12 bits per heavy atom. The Bertz CT molecular complexity index is 455. The van der Waals surface area contributed by atoms with Crippen LogP contribution in [0.15, 0.2) is 24.3 Å². The molecule has 1 aliphatic heterocycles. The molecule has 1 fully saturated rings. The number of H-pyrrole nitrogens is 1. The van der Waals surface area contributed by atoms with Crippen molar-refractivity contribution < 1.29 is 4.74 Å². The topological polar surface area (TPSA) is 49.9 Å². The number of hydrogen-bond acceptors (Lipinski definition) is 3. The van der Waals surface area contributed by atoms with Crippen LogP contribution in [0.1, 0.15) is 12.8 Å². The normalized spacial score (nSPS) is 20.6. The number of rotatable bonds is 3. The summed E-state index contributed by atoms with van der Waals surface area (Å²) in [5, 5.41) is 3.39. The van der Waals surface area contributed by atoms with Crippen molar-refractivity contribution in [2.75, 3.05) is 19.7 Å². The molecule has 2 aromatic rings. The Kier molecular flexibility index (Phi) is 2.96. The van der Waals surface area contributed by atoms with Crippen LogP contribution >= 0.6 is 0 Å². The zero-order chi connectivity index (χ0) is 11.5. The molecule has 0 radical (unpaired) electrons. The Labute approximate surface area is 100 Å². The molecule has 1 aliphatic rings. The van der Waals surface area contributed by atoms with Crippen LogP contribution < -0.4 is 10.1 Å². The van der Waals surface area contributed by atoms with Gasteiger partial charge in [0.15, 0.2) is 0 Å². The summed E-state index contributed by atoms with van der Waals surface area (Å²) >= 11 is 0. The number of hydrogen-bond donors (Lipinski definition) is 2. The third kappa shape index (κ3) is 2.42. The van der Waals surface area contributed by atoms with Crippen molar-refractivity contribution in [3.63, 3.8) is 0 Å². The van der Waals surface area contributed by atoms with Crippen molar-refractivity contribution in [2.24, 2.45) is 5.92 Å². The number of ether oxygens (including phenoxy) is 1. The van der Waals surface area contributed by atoms with E-state index in [-0.39, 0.29) is 0 Å². The van der Waals surface area contributed by atoms with Gasteiger partial charge in [0.1, 0.15) is 0 Å². The van der Waals surface area contributed by atoms with Crippen molar-refractivity contribution in [3.8, 4) is 6.01 Å². The molecule has 4 nitrogen and oxygen atoms in total. The summed E-state index contributed by atoms with van der Waals surface area (Å²) < 4.78 is 5.72. The number of nitrogens with one attached hydrogen (secondary N) is 2. The van der Waals surface area contributed by atoms with Gasteiger partial charge in [-0.1, -0.05) is 12.1 Å². The van der Waals surface area contributed by atoms with Gasteiger partial charge in [-0.3, -0.25) is 0 Å². The Morgan fingerprint density at radius 1 is 1.35 bits per heavy atom. The van der Waals surface area contributed by atoms with E-state index in [1.165, 1.54) is 12.8 Å². The smallest absolute Gasteiger partial charge is 0.294 e. The van der Waals surface area contributed by atoms with E-state index in [0.29, 0.717) is 11.9 Å². The largest absolute Gasteiger partial charge is 0.464 e. The SMILES string of the molecule is c1ccc2[nH]c(OC[C@H]3CCCNC3)nc2c1. The summed E-state index contributed by atoms with van der Waals surface area (Å²) in [6, 6.07) is 8.61. The van der Waals surface area contributed by atoms with Gasteiger partial charge < -0.3 is 15.0 Å². The van der Waals surface area contributed by atoms with Crippen molar-refractivity contribution in [1.82, 2.24) is 15.3 Å². The highest BCUT2D eigenvalue weighted by Crippen LogP contribution is 2.17. The zero-order valence-electron chi connectivity index (χ0n) is 9.78. The minimum atomic E-state index is 0.608. The molecule has 0 bridgehead atoms. The standard InChI is InChI=1S/C13H17N3O/c1-2-6-12-11(5-1)15-13(16-12)17-9-10-4-3-7-14-8-10/h1-2,5-6,10,14H,3-4,7-9H2,(H,15,16)/t10-/m0/s1. The Morgan fingerprint density at radius 2 is 2.29 bits per heavy atom. The van der Waals surface area contributed by atoms with Gasteiger partial charge in [-0.05, 0) is 31.5 Å². The molecular formula is C13H17N3O. The first-order valence-electron chi connectivity index (χ1n) is 6.20. The van der Waals surface area contributed by atoms with Crippen molar-refractivity contribution in [3.05, 3.63) is 24.3 Å². The molecule has 3 rings (SSSR count). The van der Waals surface area contributed by atoms with E-state index in [2.05, 4.69) is 15.3 Å². The van der Waals surface area contributed by atoms with Gasteiger partial charge in [-0.2, -0.15) is 4.98 Å². The first-order valence-corrected chi connectivity index (χ1v) is 6.20. The summed E-state index contributed by atoms with van der Waals surface area (Å²) in [7, 11) is 0. The van der Waals surface area contributed by atoms with Crippen LogP contribution in [-0.4, -0.2) is 29.7 Å². The fraction of sp³-hybridized carbons (Fsp3) is 0.462. The molecule has 1 atom stereocenters. The van der Waals surface area contributed by atoms with Crippen LogP contribution in [0.3, 0.4) is 0 Å². The van der Waals surface area contributed by atoms with Crippen molar-refractivity contribution in [1.29, 1.82) is 0 Å². The molecule has 2 N–H and O–H groups in total. The molecule has 17 heavy (non-hydrogen) atoms. The number of nitrogens with zero attached hydrogens (tertiary/aromatic N) is 1. The predicted molar refractivity (Wildman–Crippen MR) is 67.2 cm³/mol. The summed E-state index contributed by atoms with van der Waals surface area (Å²) in [6.07, 6.45) is 2.49. The number of piperidine rings is 1. The summed E-state index contributed by atoms with van der Waals surface area (Å²) in [6.45, 7) is 2.94. The van der Waals surface area contributed by atoms with Gasteiger partial charge in [0.25, 0.3) is 6.01 Å². The van der Waals surface area contributed by atoms with E-state index in [1.54, 1.807) is 0 Å². The van der Waals surface area contributed by atoms with Crippen LogP contribution in [0.5, 0.6) is 6.01 Å². The zero-order valence-corrected chi connectivity index (χ0v) is 9.78. The molecule has 4 heteroatoms. The molecular weight excluding hydrogens is 214 g/mol. The molecule has 0 saturated carbocycles. The molecule has 90 valence electrons. The number of benzene rings is 1. The molecule has 1 aromatic carbocycles. The average Bonchev–Trinajstić information content (AvgIpc) is 2.80. The lowest BCUT2D eigenvalue weighted by Crippen LogP contribution is -2.33.